The second-order valence-electron chi connectivity index (χ2n) is 6.88. The Morgan fingerprint density at radius 1 is 0.962 bits per heavy atom. The number of hydrogen-bond donors (Lipinski definition) is 2. The van der Waals surface area contributed by atoms with Crippen molar-refractivity contribution in [2.75, 3.05) is 5.32 Å². The first-order chi connectivity index (χ1) is 12.2. The Kier molecular flexibility index (Phi) is 5.93. The number of anilines is 1. The number of carbonyl (C=O) groups is 3. The van der Waals surface area contributed by atoms with Crippen LogP contribution in [0, 0.1) is 12.3 Å². The molecule has 2 rings (SSSR count). The van der Waals surface area contributed by atoms with Crippen LogP contribution in [0.15, 0.2) is 48.5 Å². The van der Waals surface area contributed by atoms with E-state index in [-0.39, 0.29) is 11.7 Å². The van der Waals surface area contributed by atoms with Gasteiger partial charge in [0.2, 0.25) is 11.8 Å². The molecule has 2 aromatic rings. The fraction of sp³-hybridized carbons (Fsp3) is 0.286. The van der Waals surface area contributed by atoms with Crippen molar-refractivity contribution in [2.45, 2.75) is 34.2 Å². The normalized spacial score (nSPS) is 10.9. The number of hydrogen-bond acceptors (Lipinski definition) is 3. The minimum absolute atomic E-state index is 0.0869. The summed E-state index contributed by atoms with van der Waals surface area (Å²) in [5, 5.41) is 5.51. The van der Waals surface area contributed by atoms with Crippen LogP contribution >= 0.6 is 0 Å². The number of benzene rings is 2. The lowest BCUT2D eigenvalue weighted by Crippen LogP contribution is -2.44. The predicted octanol–water partition coefficient (Wildman–Crippen LogP) is 3.48. The molecule has 2 amide bonds. The van der Waals surface area contributed by atoms with E-state index in [2.05, 4.69) is 10.6 Å². The van der Waals surface area contributed by atoms with E-state index in [0.717, 1.165) is 11.1 Å². The highest BCUT2D eigenvalue weighted by molar-refractivity contribution is 6.10. The average Bonchev–Trinajstić information content (AvgIpc) is 2.61. The van der Waals surface area contributed by atoms with Crippen molar-refractivity contribution in [2.24, 2.45) is 5.41 Å². The van der Waals surface area contributed by atoms with Crippen molar-refractivity contribution in [1.82, 2.24) is 5.32 Å². The smallest absolute Gasteiger partial charge is 0.239 e. The molecule has 0 aliphatic heterocycles. The van der Waals surface area contributed by atoms with E-state index < -0.39 is 11.3 Å². The molecule has 0 spiro atoms. The Labute approximate surface area is 153 Å². The van der Waals surface area contributed by atoms with Crippen LogP contribution in [-0.4, -0.2) is 17.6 Å². The molecule has 2 aromatic carbocycles. The Balaban J connectivity index is 2.01. The van der Waals surface area contributed by atoms with Crippen LogP contribution in [0.2, 0.25) is 0 Å². The molecule has 0 heterocycles. The molecule has 0 saturated carbocycles. The maximum Gasteiger partial charge on any atom is 0.239 e. The molecule has 0 bridgehead atoms. The Bertz CT molecular complexity index is 823. The van der Waals surface area contributed by atoms with E-state index in [1.165, 1.54) is 6.92 Å². The summed E-state index contributed by atoms with van der Waals surface area (Å²) in [5.41, 5.74) is 1.85. The van der Waals surface area contributed by atoms with Crippen LogP contribution in [0.5, 0.6) is 0 Å². The summed E-state index contributed by atoms with van der Waals surface area (Å²) in [7, 11) is 0. The van der Waals surface area contributed by atoms with Gasteiger partial charge in [0.05, 0.1) is 0 Å². The fourth-order valence-electron chi connectivity index (χ4n) is 2.32. The van der Waals surface area contributed by atoms with Crippen molar-refractivity contribution in [3.63, 3.8) is 0 Å². The molecule has 0 fully saturated rings. The zero-order valence-corrected chi connectivity index (χ0v) is 15.6. The molecule has 0 atom stereocenters. The van der Waals surface area contributed by atoms with Gasteiger partial charge in [0.1, 0.15) is 5.41 Å². The SMILES string of the molecule is CC(=O)c1cccc(NC(=O)C(C)(C)C(=O)NCc2ccc(C)cc2)c1. The van der Waals surface area contributed by atoms with Crippen LogP contribution in [0.1, 0.15) is 42.3 Å². The first-order valence-electron chi connectivity index (χ1n) is 8.46. The van der Waals surface area contributed by atoms with Crippen LogP contribution in [-0.2, 0) is 16.1 Å². The molecule has 0 radical (unpaired) electrons. The summed E-state index contributed by atoms with van der Waals surface area (Å²) in [5.74, 6) is -0.880. The Hall–Kier alpha value is -2.95. The van der Waals surface area contributed by atoms with Crippen molar-refractivity contribution in [3.8, 4) is 0 Å². The lowest BCUT2D eigenvalue weighted by Gasteiger charge is -2.23. The van der Waals surface area contributed by atoms with Crippen molar-refractivity contribution in [1.29, 1.82) is 0 Å². The third-order valence-electron chi connectivity index (χ3n) is 4.24. The second kappa shape index (κ2) is 7.95. The van der Waals surface area contributed by atoms with Crippen LogP contribution in [0.3, 0.4) is 0 Å². The van der Waals surface area contributed by atoms with Gasteiger partial charge in [-0.3, -0.25) is 14.4 Å². The van der Waals surface area contributed by atoms with E-state index in [0.29, 0.717) is 17.8 Å². The highest BCUT2D eigenvalue weighted by Crippen LogP contribution is 2.20. The number of nitrogens with one attached hydrogen (secondary N) is 2. The molecule has 5 heteroatoms. The third-order valence-corrected chi connectivity index (χ3v) is 4.24. The van der Waals surface area contributed by atoms with Gasteiger partial charge < -0.3 is 10.6 Å². The molecule has 136 valence electrons. The monoisotopic (exact) mass is 352 g/mol. The number of amides is 2. The molecule has 0 saturated heterocycles. The minimum atomic E-state index is -1.25. The van der Waals surface area contributed by atoms with Gasteiger partial charge in [-0.25, -0.2) is 0 Å². The predicted molar refractivity (Wildman–Crippen MR) is 102 cm³/mol. The van der Waals surface area contributed by atoms with Gasteiger partial charge in [-0.15, -0.1) is 0 Å². The number of ketones is 1. The van der Waals surface area contributed by atoms with Gasteiger partial charge >= 0.3 is 0 Å². The number of rotatable bonds is 6. The van der Waals surface area contributed by atoms with Gasteiger partial charge in [-0.1, -0.05) is 42.0 Å². The average molecular weight is 352 g/mol. The van der Waals surface area contributed by atoms with Crippen molar-refractivity contribution in [3.05, 3.63) is 65.2 Å². The Morgan fingerprint density at radius 2 is 1.62 bits per heavy atom. The largest absolute Gasteiger partial charge is 0.351 e. The summed E-state index contributed by atoms with van der Waals surface area (Å²) in [6, 6.07) is 14.5. The fourth-order valence-corrected chi connectivity index (χ4v) is 2.32. The van der Waals surface area contributed by atoms with Gasteiger partial charge in [0.25, 0.3) is 0 Å². The first-order valence-corrected chi connectivity index (χ1v) is 8.46. The van der Waals surface area contributed by atoms with Crippen LogP contribution in [0.4, 0.5) is 5.69 Å². The third kappa shape index (κ3) is 4.79. The molecular formula is C21H24N2O3. The number of Topliss-reactive ketones (excluding diaryl/α,β-unsaturated/α-hetero) is 1. The summed E-state index contributed by atoms with van der Waals surface area (Å²) < 4.78 is 0. The highest BCUT2D eigenvalue weighted by Gasteiger charge is 2.36. The van der Waals surface area contributed by atoms with Crippen LogP contribution in [0.25, 0.3) is 0 Å². The molecule has 5 nitrogen and oxygen atoms in total. The van der Waals surface area contributed by atoms with E-state index >= 15 is 0 Å². The molecule has 26 heavy (non-hydrogen) atoms. The maximum absolute atomic E-state index is 12.6. The lowest BCUT2D eigenvalue weighted by atomic mass is 9.90. The molecule has 0 aliphatic carbocycles. The minimum Gasteiger partial charge on any atom is -0.351 e. The van der Waals surface area contributed by atoms with Crippen molar-refractivity contribution >= 4 is 23.3 Å². The molecule has 0 unspecified atom stereocenters. The summed E-state index contributed by atoms with van der Waals surface area (Å²) in [6.07, 6.45) is 0. The molecular weight excluding hydrogens is 328 g/mol. The number of aryl methyl sites for hydroxylation is 1. The van der Waals surface area contributed by atoms with Gasteiger partial charge in [0, 0.05) is 17.8 Å². The highest BCUT2D eigenvalue weighted by atomic mass is 16.2. The maximum atomic E-state index is 12.6. The Morgan fingerprint density at radius 3 is 2.23 bits per heavy atom. The first kappa shape index (κ1) is 19.4. The summed E-state index contributed by atoms with van der Waals surface area (Å²) in [4.78, 5) is 36.5. The zero-order chi connectivity index (χ0) is 19.3. The van der Waals surface area contributed by atoms with Gasteiger partial charge in [-0.05, 0) is 45.4 Å². The van der Waals surface area contributed by atoms with Gasteiger partial charge in [0.15, 0.2) is 5.78 Å². The number of carbonyl (C=O) groups excluding carboxylic acids is 3. The van der Waals surface area contributed by atoms with Crippen molar-refractivity contribution < 1.29 is 14.4 Å². The quantitative estimate of drug-likeness (QED) is 0.617. The van der Waals surface area contributed by atoms with E-state index in [4.69, 9.17) is 0 Å². The van der Waals surface area contributed by atoms with E-state index in [1.807, 2.05) is 31.2 Å². The standard InChI is InChI=1S/C21H24N2O3/c1-14-8-10-16(11-9-14)13-22-19(25)21(3,4)20(26)23-18-7-5-6-17(12-18)15(2)24/h5-12H,13H2,1-4H3,(H,22,25)(H,23,26). The van der Waals surface area contributed by atoms with Crippen LogP contribution < -0.4 is 10.6 Å². The summed E-state index contributed by atoms with van der Waals surface area (Å²) in [6.45, 7) is 6.96. The second-order valence-corrected chi connectivity index (χ2v) is 6.88. The molecule has 2 N–H and O–H groups in total. The van der Waals surface area contributed by atoms with E-state index in [1.54, 1.807) is 38.1 Å². The zero-order valence-electron chi connectivity index (χ0n) is 15.6. The summed E-state index contributed by atoms with van der Waals surface area (Å²) >= 11 is 0. The molecule has 0 aromatic heterocycles. The van der Waals surface area contributed by atoms with E-state index in [9.17, 15) is 14.4 Å². The lowest BCUT2D eigenvalue weighted by molar-refractivity contribution is -0.138. The molecule has 0 aliphatic rings. The topological polar surface area (TPSA) is 75.3 Å². The van der Waals surface area contributed by atoms with Gasteiger partial charge in [-0.2, -0.15) is 0 Å².